The van der Waals surface area contributed by atoms with Crippen LogP contribution < -0.4 is 10.6 Å². The molecule has 1 atom stereocenters. The average molecular weight is 514 g/mol. The number of carbonyl (C=O) groups excluding carboxylic acids is 2. The highest BCUT2D eigenvalue weighted by Crippen LogP contribution is 2.30. The Kier molecular flexibility index (Phi) is 8.37. The molecule has 1 unspecified atom stereocenters. The van der Waals surface area contributed by atoms with Gasteiger partial charge in [0.15, 0.2) is 4.90 Å². The summed E-state index contributed by atoms with van der Waals surface area (Å²) in [6.45, 7) is 0.965. The van der Waals surface area contributed by atoms with Crippen molar-refractivity contribution in [2.45, 2.75) is 56.1 Å². The second kappa shape index (κ2) is 11.7. The van der Waals surface area contributed by atoms with Crippen LogP contribution in [0.15, 0.2) is 47.4 Å². The predicted octanol–water partition coefficient (Wildman–Crippen LogP) is 4.60. The quantitative estimate of drug-likeness (QED) is 0.484. The maximum absolute atomic E-state index is 12.7. The van der Waals surface area contributed by atoms with Gasteiger partial charge in [0.05, 0.1) is 0 Å². The number of urea groups is 1. The monoisotopic (exact) mass is 513 g/mol. The lowest BCUT2D eigenvalue weighted by Crippen LogP contribution is -2.39. The van der Waals surface area contributed by atoms with E-state index in [0.29, 0.717) is 48.6 Å². The van der Waals surface area contributed by atoms with E-state index in [0.717, 1.165) is 24.0 Å². The maximum Gasteiger partial charge on any atom is 0.410 e. The first-order chi connectivity index (χ1) is 17.3. The van der Waals surface area contributed by atoms with Crippen molar-refractivity contribution in [1.82, 2.24) is 4.90 Å². The minimum absolute atomic E-state index is 0.160. The molecule has 4 rings (SSSR count). The van der Waals surface area contributed by atoms with Crippen LogP contribution in [-0.2, 0) is 33.7 Å². The Morgan fingerprint density at radius 3 is 2.47 bits per heavy atom. The zero-order valence-electron chi connectivity index (χ0n) is 20.2. The Labute approximate surface area is 213 Å². The Bertz CT molecular complexity index is 1120. The largest absolute Gasteiger partial charge is 0.612 e. The van der Waals surface area contributed by atoms with Crippen molar-refractivity contribution in [3.63, 3.8) is 0 Å². The number of anilines is 2. The second-order valence-corrected chi connectivity index (χ2v) is 10.7. The third-order valence-corrected chi connectivity index (χ3v) is 7.60. The van der Waals surface area contributed by atoms with Gasteiger partial charge in [0, 0.05) is 37.0 Å². The Morgan fingerprint density at radius 1 is 1.06 bits per heavy atom. The summed E-state index contributed by atoms with van der Waals surface area (Å²) in [6.07, 6.45) is 4.85. The molecule has 2 aromatic rings. The van der Waals surface area contributed by atoms with Crippen LogP contribution >= 0.6 is 0 Å². The molecule has 1 saturated carbocycles. The number of nitrogens with one attached hydrogen (secondary N) is 2. The summed E-state index contributed by atoms with van der Waals surface area (Å²) in [4.78, 5) is 38.4. The predicted molar refractivity (Wildman–Crippen MR) is 136 cm³/mol. The molecule has 3 amide bonds. The van der Waals surface area contributed by atoms with E-state index in [9.17, 15) is 18.9 Å². The van der Waals surface area contributed by atoms with Crippen LogP contribution in [0.5, 0.6) is 0 Å². The van der Waals surface area contributed by atoms with Crippen molar-refractivity contribution in [3.8, 4) is 0 Å². The van der Waals surface area contributed by atoms with Gasteiger partial charge in [-0.25, -0.2) is 9.59 Å². The smallest absolute Gasteiger partial charge is 0.410 e. The number of carboxylic acid groups (broad SMARTS) is 1. The van der Waals surface area contributed by atoms with Gasteiger partial charge in [-0.05, 0) is 84.6 Å². The van der Waals surface area contributed by atoms with E-state index >= 15 is 0 Å². The van der Waals surface area contributed by atoms with E-state index in [-0.39, 0.29) is 24.5 Å². The number of carbonyl (C=O) groups is 3. The van der Waals surface area contributed by atoms with Crippen LogP contribution in [-0.4, -0.2) is 51.6 Å². The number of aliphatic carboxylic acids is 1. The molecule has 1 aliphatic heterocycles. The standard InChI is InChI=1S/C26H31N3O6S/c1-36(34)23-4-2-3-20(15-23)27-25(32)28-21-8-7-19-16-29(12-11-18(19)14-21)26(33)35-22-9-5-17(6-10-22)13-24(30)31/h2-4,7-8,14-15,17,22H,5-6,9-13,16H2,1H3,(H,30,31)(H2,27,28,32). The van der Waals surface area contributed by atoms with E-state index in [1.54, 1.807) is 41.5 Å². The van der Waals surface area contributed by atoms with E-state index in [1.165, 1.54) is 0 Å². The summed E-state index contributed by atoms with van der Waals surface area (Å²) in [5.41, 5.74) is 3.28. The Hall–Kier alpha value is -3.24. The number of ether oxygens (including phenoxy) is 1. The fourth-order valence-corrected chi connectivity index (χ4v) is 5.31. The van der Waals surface area contributed by atoms with Gasteiger partial charge in [-0.15, -0.1) is 0 Å². The summed E-state index contributed by atoms with van der Waals surface area (Å²) < 4.78 is 17.4. The first-order valence-electron chi connectivity index (χ1n) is 12.1. The average Bonchev–Trinajstić information content (AvgIpc) is 2.84. The zero-order chi connectivity index (χ0) is 25.7. The maximum atomic E-state index is 12.7. The zero-order valence-corrected chi connectivity index (χ0v) is 21.0. The molecule has 36 heavy (non-hydrogen) atoms. The molecule has 9 nitrogen and oxygen atoms in total. The molecule has 0 spiro atoms. The van der Waals surface area contributed by atoms with Crippen molar-refractivity contribution < 1.29 is 28.8 Å². The van der Waals surface area contributed by atoms with E-state index < -0.39 is 23.2 Å². The number of fused-ring (bicyclic) bond motifs is 1. The van der Waals surface area contributed by atoms with E-state index in [2.05, 4.69) is 10.6 Å². The topological polar surface area (TPSA) is 131 Å². The third-order valence-electron chi connectivity index (χ3n) is 6.68. The van der Waals surface area contributed by atoms with Crippen molar-refractivity contribution in [1.29, 1.82) is 0 Å². The number of hydrogen-bond acceptors (Lipinski definition) is 5. The van der Waals surface area contributed by atoms with Gasteiger partial charge in [0.1, 0.15) is 12.4 Å². The van der Waals surface area contributed by atoms with Crippen LogP contribution in [0.4, 0.5) is 21.0 Å². The fraction of sp³-hybridized carbons (Fsp3) is 0.423. The lowest BCUT2D eigenvalue weighted by molar-refractivity contribution is -0.138. The molecule has 2 aromatic carbocycles. The molecule has 2 aliphatic rings. The van der Waals surface area contributed by atoms with Gasteiger partial charge in [-0.1, -0.05) is 12.1 Å². The van der Waals surface area contributed by atoms with E-state index in [4.69, 9.17) is 9.84 Å². The minimum Gasteiger partial charge on any atom is -0.612 e. The summed E-state index contributed by atoms with van der Waals surface area (Å²) in [7, 11) is 0. The second-order valence-electron chi connectivity index (χ2n) is 9.34. The summed E-state index contributed by atoms with van der Waals surface area (Å²) >= 11 is -1.13. The van der Waals surface area contributed by atoms with Crippen molar-refractivity contribution in [2.75, 3.05) is 23.4 Å². The molecule has 1 aliphatic carbocycles. The first-order valence-corrected chi connectivity index (χ1v) is 13.6. The molecule has 0 radical (unpaired) electrons. The molecular formula is C26H31N3O6S. The molecule has 10 heteroatoms. The van der Waals surface area contributed by atoms with Gasteiger partial charge in [0.2, 0.25) is 0 Å². The first kappa shape index (κ1) is 25.8. The molecule has 192 valence electrons. The van der Waals surface area contributed by atoms with Crippen LogP contribution in [0.25, 0.3) is 0 Å². The summed E-state index contributed by atoms with van der Waals surface area (Å²) in [5, 5.41) is 14.5. The molecule has 1 heterocycles. The number of rotatable bonds is 6. The number of carboxylic acids is 1. The summed E-state index contributed by atoms with van der Waals surface area (Å²) in [5.74, 6) is -0.613. The highest BCUT2D eigenvalue weighted by molar-refractivity contribution is 7.90. The van der Waals surface area contributed by atoms with Crippen molar-refractivity contribution in [2.24, 2.45) is 5.92 Å². The van der Waals surface area contributed by atoms with Crippen LogP contribution in [0, 0.1) is 5.92 Å². The Morgan fingerprint density at radius 2 is 1.78 bits per heavy atom. The fourth-order valence-electron chi connectivity index (χ4n) is 4.75. The Balaban J connectivity index is 1.27. The van der Waals surface area contributed by atoms with Crippen LogP contribution in [0.3, 0.4) is 0 Å². The SMILES string of the molecule is C[S+]([O-])c1cccc(NC(=O)Nc2ccc3c(c2)CCN(C(=O)OC2CCC(CC(=O)O)CC2)C3)c1. The number of nitrogens with zero attached hydrogens (tertiary/aromatic N) is 1. The lowest BCUT2D eigenvalue weighted by Gasteiger charge is -2.32. The lowest BCUT2D eigenvalue weighted by atomic mass is 9.85. The van der Waals surface area contributed by atoms with Gasteiger partial charge in [0.25, 0.3) is 0 Å². The van der Waals surface area contributed by atoms with Crippen LogP contribution in [0.2, 0.25) is 0 Å². The van der Waals surface area contributed by atoms with Crippen molar-refractivity contribution >= 4 is 40.6 Å². The van der Waals surface area contributed by atoms with Crippen molar-refractivity contribution in [3.05, 3.63) is 53.6 Å². The van der Waals surface area contributed by atoms with Gasteiger partial charge < -0.3 is 29.9 Å². The molecular weight excluding hydrogens is 482 g/mol. The molecule has 3 N–H and O–H groups in total. The third kappa shape index (κ3) is 6.92. The summed E-state index contributed by atoms with van der Waals surface area (Å²) in [6, 6.07) is 12.1. The number of benzene rings is 2. The normalized spacial score (nSPS) is 20.1. The number of amides is 3. The van der Waals surface area contributed by atoms with Gasteiger partial charge in [-0.3, -0.25) is 4.79 Å². The highest BCUT2D eigenvalue weighted by atomic mass is 32.2. The minimum atomic E-state index is -1.13. The molecule has 0 aromatic heterocycles. The molecule has 0 saturated heterocycles. The van der Waals surface area contributed by atoms with Gasteiger partial charge >= 0.3 is 18.1 Å². The molecule has 0 bridgehead atoms. The van der Waals surface area contributed by atoms with Crippen LogP contribution in [0.1, 0.15) is 43.2 Å². The molecule has 1 fully saturated rings. The van der Waals surface area contributed by atoms with E-state index in [1.807, 2.05) is 12.1 Å². The van der Waals surface area contributed by atoms with Gasteiger partial charge in [-0.2, -0.15) is 0 Å². The number of hydrogen-bond donors (Lipinski definition) is 3. The highest BCUT2D eigenvalue weighted by Gasteiger charge is 2.28.